The predicted molar refractivity (Wildman–Crippen MR) is 232 cm³/mol. The van der Waals surface area contributed by atoms with Crippen LogP contribution in [-0.2, 0) is 0 Å². The fourth-order valence-electron chi connectivity index (χ4n) is 8.25. The van der Waals surface area contributed by atoms with Crippen molar-refractivity contribution >= 4 is 65.8 Å². The third kappa shape index (κ3) is 5.44. The van der Waals surface area contributed by atoms with Gasteiger partial charge in [0, 0.05) is 39.0 Å². The fraction of sp³-hybridized carbons (Fsp3) is 0. The van der Waals surface area contributed by atoms with Gasteiger partial charge in [-0.3, -0.25) is 0 Å². The molecule has 0 bridgehead atoms. The molecule has 54 heavy (non-hydrogen) atoms. The van der Waals surface area contributed by atoms with E-state index in [4.69, 9.17) is 0 Å². The van der Waals surface area contributed by atoms with E-state index in [1.807, 2.05) is 6.07 Å². The van der Waals surface area contributed by atoms with Crippen molar-refractivity contribution in [2.24, 2.45) is 0 Å². The Labute approximate surface area is 315 Å². The average molecular weight is 689 g/mol. The van der Waals surface area contributed by atoms with Gasteiger partial charge in [-0.25, -0.2) is 0 Å². The quantitative estimate of drug-likeness (QED) is 0.129. The van der Waals surface area contributed by atoms with Gasteiger partial charge in [-0.2, -0.15) is 0 Å². The minimum Gasteiger partial charge on any atom is -0.355 e. The molecule has 2 nitrogen and oxygen atoms in total. The summed E-state index contributed by atoms with van der Waals surface area (Å²) in [5.74, 6) is 0. The number of hydrogen-bond donors (Lipinski definition) is 2. The van der Waals surface area contributed by atoms with Crippen molar-refractivity contribution in [1.29, 1.82) is 0 Å². The van der Waals surface area contributed by atoms with Gasteiger partial charge in [0.15, 0.2) is 0 Å². The van der Waals surface area contributed by atoms with E-state index in [0.29, 0.717) is 0 Å². The number of para-hydroxylation sites is 2. The summed E-state index contributed by atoms with van der Waals surface area (Å²) in [5, 5.41) is 17.6. The van der Waals surface area contributed by atoms with E-state index in [-0.39, 0.29) is 0 Å². The van der Waals surface area contributed by atoms with Crippen LogP contribution in [0.25, 0.3) is 76.5 Å². The Balaban J connectivity index is 1.19. The lowest BCUT2D eigenvalue weighted by Crippen LogP contribution is -2.00. The van der Waals surface area contributed by atoms with Gasteiger partial charge in [0.2, 0.25) is 0 Å². The van der Waals surface area contributed by atoms with Crippen LogP contribution in [0.4, 0.5) is 22.7 Å². The molecule has 0 aliphatic rings. The molecule has 10 aromatic carbocycles. The van der Waals surface area contributed by atoms with Gasteiger partial charge in [0.25, 0.3) is 0 Å². The molecule has 0 atom stereocenters. The van der Waals surface area contributed by atoms with Crippen LogP contribution < -0.4 is 10.6 Å². The van der Waals surface area contributed by atoms with E-state index in [0.717, 1.165) is 45.0 Å². The van der Waals surface area contributed by atoms with E-state index in [1.165, 1.54) is 54.2 Å². The Morgan fingerprint density at radius 1 is 0.278 bits per heavy atom. The Bertz CT molecular complexity index is 2930. The topological polar surface area (TPSA) is 24.1 Å². The summed E-state index contributed by atoms with van der Waals surface area (Å²) in [6, 6.07) is 74.0. The van der Waals surface area contributed by atoms with Crippen LogP contribution in [0.5, 0.6) is 0 Å². The third-order valence-electron chi connectivity index (χ3n) is 10.6. The van der Waals surface area contributed by atoms with Crippen LogP contribution in [0.2, 0.25) is 0 Å². The summed E-state index contributed by atoms with van der Waals surface area (Å²) in [5.41, 5.74) is 11.4. The minimum absolute atomic E-state index is 1.05. The summed E-state index contributed by atoms with van der Waals surface area (Å²) in [6.07, 6.45) is 0. The Hall–Kier alpha value is -7.16. The molecule has 2 N–H and O–H groups in total. The Morgan fingerprint density at radius 3 is 1.52 bits per heavy atom. The molecular formula is C52H36N2. The number of fused-ring (bicyclic) bond motifs is 5. The van der Waals surface area contributed by atoms with Gasteiger partial charge in [-0.15, -0.1) is 0 Å². The zero-order chi connectivity index (χ0) is 35.8. The lowest BCUT2D eigenvalue weighted by molar-refractivity contribution is 1.51. The number of rotatable bonds is 7. The van der Waals surface area contributed by atoms with Crippen molar-refractivity contribution in [3.8, 4) is 33.4 Å². The standard InChI is InChI=1S/C52H36N2/c1-3-18-35(19-4-1)50-42(31-17-33-49(50)53-37-21-5-2-6-22-37)41-26-15-16-32-48(41)54-52-45-29-13-11-27-43(45)51(44-28-12-14-30-46(44)52)47-34-36-20-7-8-23-38(36)39-24-9-10-25-40(39)47/h1-34,53-54H. The summed E-state index contributed by atoms with van der Waals surface area (Å²) >= 11 is 0. The van der Waals surface area contributed by atoms with Gasteiger partial charge < -0.3 is 10.6 Å². The van der Waals surface area contributed by atoms with Gasteiger partial charge in [-0.1, -0.05) is 176 Å². The molecule has 0 heterocycles. The average Bonchev–Trinajstić information content (AvgIpc) is 3.24. The summed E-state index contributed by atoms with van der Waals surface area (Å²) < 4.78 is 0. The second kappa shape index (κ2) is 13.4. The zero-order valence-electron chi connectivity index (χ0n) is 29.6. The van der Waals surface area contributed by atoms with Crippen LogP contribution in [-0.4, -0.2) is 0 Å². The normalized spacial score (nSPS) is 11.3. The number of hydrogen-bond acceptors (Lipinski definition) is 2. The lowest BCUT2D eigenvalue weighted by atomic mass is 9.86. The van der Waals surface area contributed by atoms with Gasteiger partial charge >= 0.3 is 0 Å². The second-order valence-electron chi connectivity index (χ2n) is 13.8. The van der Waals surface area contributed by atoms with E-state index in [2.05, 4.69) is 211 Å². The number of anilines is 4. The molecule has 0 aromatic heterocycles. The summed E-state index contributed by atoms with van der Waals surface area (Å²) in [6.45, 7) is 0. The monoisotopic (exact) mass is 688 g/mol. The summed E-state index contributed by atoms with van der Waals surface area (Å²) in [7, 11) is 0. The minimum atomic E-state index is 1.05. The van der Waals surface area contributed by atoms with Crippen LogP contribution in [0.15, 0.2) is 206 Å². The third-order valence-corrected chi connectivity index (χ3v) is 10.6. The molecule has 0 fully saturated rings. The fourth-order valence-corrected chi connectivity index (χ4v) is 8.25. The van der Waals surface area contributed by atoms with Crippen molar-refractivity contribution in [3.63, 3.8) is 0 Å². The van der Waals surface area contributed by atoms with Crippen molar-refractivity contribution in [2.45, 2.75) is 0 Å². The van der Waals surface area contributed by atoms with Crippen LogP contribution >= 0.6 is 0 Å². The van der Waals surface area contributed by atoms with E-state index >= 15 is 0 Å². The molecule has 2 heteroatoms. The van der Waals surface area contributed by atoms with Crippen molar-refractivity contribution in [2.75, 3.05) is 10.6 Å². The lowest BCUT2D eigenvalue weighted by Gasteiger charge is -2.22. The highest BCUT2D eigenvalue weighted by molar-refractivity contribution is 6.25. The first kappa shape index (κ1) is 31.6. The zero-order valence-corrected chi connectivity index (χ0v) is 29.6. The van der Waals surface area contributed by atoms with Crippen molar-refractivity contribution in [3.05, 3.63) is 206 Å². The molecule has 0 aliphatic heterocycles. The Morgan fingerprint density at radius 2 is 0.796 bits per heavy atom. The second-order valence-corrected chi connectivity index (χ2v) is 13.8. The highest BCUT2D eigenvalue weighted by Gasteiger charge is 2.20. The molecule has 0 amide bonds. The predicted octanol–water partition coefficient (Wildman–Crippen LogP) is 14.8. The van der Waals surface area contributed by atoms with Gasteiger partial charge in [0.1, 0.15) is 0 Å². The molecule has 0 aliphatic carbocycles. The molecule has 0 radical (unpaired) electrons. The molecule has 254 valence electrons. The van der Waals surface area contributed by atoms with Crippen LogP contribution in [0.3, 0.4) is 0 Å². The molecule has 0 spiro atoms. The van der Waals surface area contributed by atoms with Crippen LogP contribution in [0, 0.1) is 0 Å². The van der Waals surface area contributed by atoms with Gasteiger partial charge in [0.05, 0.1) is 5.69 Å². The smallest absolute Gasteiger partial charge is 0.0544 e. The molecule has 10 aromatic rings. The molecular weight excluding hydrogens is 653 g/mol. The maximum Gasteiger partial charge on any atom is 0.0544 e. The summed E-state index contributed by atoms with van der Waals surface area (Å²) in [4.78, 5) is 0. The maximum absolute atomic E-state index is 4.03. The molecule has 0 saturated heterocycles. The van der Waals surface area contributed by atoms with Crippen molar-refractivity contribution in [1.82, 2.24) is 0 Å². The number of benzene rings is 10. The maximum atomic E-state index is 4.03. The molecule has 10 rings (SSSR count). The van der Waals surface area contributed by atoms with Crippen LogP contribution in [0.1, 0.15) is 0 Å². The highest BCUT2D eigenvalue weighted by atomic mass is 14.9. The number of nitrogens with one attached hydrogen (secondary N) is 2. The first-order valence-corrected chi connectivity index (χ1v) is 18.5. The van der Waals surface area contributed by atoms with E-state index in [1.54, 1.807) is 0 Å². The Kier molecular flexibility index (Phi) is 7.85. The first-order valence-electron chi connectivity index (χ1n) is 18.5. The van der Waals surface area contributed by atoms with E-state index in [9.17, 15) is 0 Å². The van der Waals surface area contributed by atoms with Gasteiger partial charge in [-0.05, 0) is 84.9 Å². The first-order chi connectivity index (χ1) is 26.8. The molecule has 0 unspecified atom stereocenters. The molecule has 0 saturated carbocycles. The van der Waals surface area contributed by atoms with Crippen molar-refractivity contribution < 1.29 is 0 Å². The van der Waals surface area contributed by atoms with E-state index < -0.39 is 0 Å². The largest absolute Gasteiger partial charge is 0.355 e. The SMILES string of the molecule is c1ccc(Nc2cccc(-c3ccccc3Nc3c4ccccc4c(-c4cc5ccccc5c5ccccc45)c4ccccc34)c2-c2ccccc2)cc1. The highest BCUT2D eigenvalue weighted by Crippen LogP contribution is 2.48.